The maximum absolute atomic E-state index is 13.7. The Morgan fingerprint density at radius 2 is 2.04 bits per heavy atom. The minimum atomic E-state index is -0.478. The second kappa shape index (κ2) is 7.40. The van der Waals surface area contributed by atoms with Crippen molar-refractivity contribution in [1.82, 2.24) is 9.97 Å². The standard InChI is InChI=1S/C18H16FN3O2S/c1-11-7-8-13(9-20-11)24-10-16-21-12(2)17(25-16)18(23)22-15-6-4-3-5-14(15)19/h3-9H,10H2,1-2H3,(H,22,23). The number of carbonyl (C=O) groups excluding carboxylic acids is 1. The number of carbonyl (C=O) groups is 1. The van der Waals surface area contributed by atoms with E-state index in [4.69, 9.17) is 4.74 Å². The monoisotopic (exact) mass is 357 g/mol. The molecule has 5 nitrogen and oxygen atoms in total. The molecule has 128 valence electrons. The lowest BCUT2D eigenvalue weighted by atomic mass is 10.3. The van der Waals surface area contributed by atoms with Crippen LogP contribution in [0, 0.1) is 19.7 Å². The number of thiazole rings is 1. The zero-order chi connectivity index (χ0) is 17.8. The zero-order valence-electron chi connectivity index (χ0n) is 13.7. The molecule has 0 aliphatic carbocycles. The largest absolute Gasteiger partial charge is 0.485 e. The van der Waals surface area contributed by atoms with Crippen LogP contribution in [0.25, 0.3) is 0 Å². The SMILES string of the molecule is Cc1ccc(OCc2nc(C)c(C(=O)Nc3ccccc3F)s2)cn1. The predicted molar refractivity (Wildman–Crippen MR) is 94.5 cm³/mol. The Labute approximate surface area is 148 Å². The summed E-state index contributed by atoms with van der Waals surface area (Å²) in [5, 5.41) is 3.23. The first-order valence-electron chi connectivity index (χ1n) is 7.60. The summed E-state index contributed by atoms with van der Waals surface area (Å²) in [7, 11) is 0. The first kappa shape index (κ1) is 17.0. The van der Waals surface area contributed by atoms with E-state index in [9.17, 15) is 9.18 Å². The van der Waals surface area contributed by atoms with Crippen molar-refractivity contribution in [2.24, 2.45) is 0 Å². The highest BCUT2D eigenvalue weighted by Gasteiger charge is 2.17. The minimum Gasteiger partial charge on any atom is -0.485 e. The molecule has 0 saturated heterocycles. The molecule has 2 heterocycles. The van der Waals surface area contributed by atoms with Crippen LogP contribution in [0.3, 0.4) is 0 Å². The summed E-state index contributed by atoms with van der Waals surface area (Å²) < 4.78 is 19.3. The molecule has 0 aliphatic rings. The van der Waals surface area contributed by atoms with E-state index in [-0.39, 0.29) is 18.2 Å². The summed E-state index contributed by atoms with van der Waals surface area (Å²) in [6.07, 6.45) is 1.64. The smallest absolute Gasteiger partial charge is 0.267 e. The van der Waals surface area contributed by atoms with E-state index < -0.39 is 5.82 Å². The topological polar surface area (TPSA) is 64.1 Å². The lowest BCUT2D eigenvalue weighted by Crippen LogP contribution is -2.12. The van der Waals surface area contributed by atoms with E-state index in [2.05, 4.69) is 15.3 Å². The van der Waals surface area contributed by atoms with Gasteiger partial charge in [-0.3, -0.25) is 9.78 Å². The van der Waals surface area contributed by atoms with Crippen molar-refractivity contribution in [3.8, 4) is 5.75 Å². The Morgan fingerprint density at radius 3 is 2.76 bits per heavy atom. The van der Waals surface area contributed by atoms with Crippen LogP contribution in [0.5, 0.6) is 5.75 Å². The first-order chi connectivity index (χ1) is 12.0. The molecular formula is C18H16FN3O2S. The third-order valence-corrected chi connectivity index (χ3v) is 4.55. The fraction of sp³-hybridized carbons (Fsp3) is 0.167. The number of benzene rings is 1. The normalized spacial score (nSPS) is 10.5. The number of aromatic nitrogens is 2. The average molecular weight is 357 g/mol. The molecule has 1 amide bonds. The summed E-state index contributed by atoms with van der Waals surface area (Å²) >= 11 is 1.22. The van der Waals surface area contributed by atoms with Crippen molar-refractivity contribution in [1.29, 1.82) is 0 Å². The van der Waals surface area contributed by atoms with Gasteiger partial charge in [-0.05, 0) is 38.1 Å². The number of halogens is 1. The number of aryl methyl sites for hydroxylation is 2. The van der Waals surface area contributed by atoms with Crippen LogP contribution in [0.4, 0.5) is 10.1 Å². The highest BCUT2D eigenvalue weighted by Crippen LogP contribution is 2.22. The molecule has 0 unspecified atom stereocenters. The second-order valence-corrected chi connectivity index (χ2v) is 6.46. The summed E-state index contributed by atoms with van der Waals surface area (Å²) in [5.74, 6) is -0.229. The molecule has 0 atom stereocenters. The average Bonchev–Trinajstić information content (AvgIpc) is 2.97. The molecule has 7 heteroatoms. The third kappa shape index (κ3) is 4.19. The number of ether oxygens (including phenoxy) is 1. The molecule has 0 radical (unpaired) electrons. The number of hydrogen-bond donors (Lipinski definition) is 1. The van der Waals surface area contributed by atoms with Crippen LogP contribution < -0.4 is 10.1 Å². The van der Waals surface area contributed by atoms with Crippen LogP contribution in [0.1, 0.15) is 26.1 Å². The molecule has 2 aromatic heterocycles. The van der Waals surface area contributed by atoms with Gasteiger partial charge in [-0.2, -0.15) is 0 Å². The lowest BCUT2D eigenvalue weighted by Gasteiger charge is -2.04. The van der Waals surface area contributed by atoms with E-state index in [1.165, 1.54) is 23.5 Å². The fourth-order valence-electron chi connectivity index (χ4n) is 2.15. The highest BCUT2D eigenvalue weighted by atomic mass is 32.1. The number of hydrogen-bond acceptors (Lipinski definition) is 5. The van der Waals surface area contributed by atoms with E-state index in [0.29, 0.717) is 21.3 Å². The van der Waals surface area contributed by atoms with E-state index in [1.54, 1.807) is 25.3 Å². The van der Waals surface area contributed by atoms with Gasteiger partial charge in [0.25, 0.3) is 5.91 Å². The van der Waals surface area contributed by atoms with Gasteiger partial charge in [0, 0.05) is 5.69 Å². The zero-order valence-corrected chi connectivity index (χ0v) is 14.6. The van der Waals surface area contributed by atoms with Gasteiger partial charge < -0.3 is 10.1 Å². The number of para-hydroxylation sites is 1. The predicted octanol–water partition coefficient (Wildman–Crippen LogP) is 4.13. The lowest BCUT2D eigenvalue weighted by molar-refractivity contribution is 0.102. The Kier molecular flexibility index (Phi) is 5.04. The number of nitrogens with zero attached hydrogens (tertiary/aromatic N) is 2. The Bertz CT molecular complexity index is 894. The van der Waals surface area contributed by atoms with Crippen LogP contribution in [0.15, 0.2) is 42.6 Å². The Hall–Kier alpha value is -2.80. The molecule has 25 heavy (non-hydrogen) atoms. The molecule has 3 rings (SSSR count). The van der Waals surface area contributed by atoms with Crippen molar-refractivity contribution in [3.63, 3.8) is 0 Å². The number of rotatable bonds is 5. The molecule has 0 aliphatic heterocycles. The Balaban J connectivity index is 1.68. The van der Waals surface area contributed by atoms with Gasteiger partial charge in [0.05, 0.1) is 17.6 Å². The highest BCUT2D eigenvalue weighted by molar-refractivity contribution is 7.13. The van der Waals surface area contributed by atoms with Gasteiger partial charge in [0.2, 0.25) is 0 Å². The maximum Gasteiger partial charge on any atom is 0.267 e. The van der Waals surface area contributed by atoms with Crippen LogP contribution in [-0.4, -0.2) is 15.9 Å². The van der Waals surface area contributed by atoms with Crippen molar-refractivity contribution < 1.29 is 13.9 Å². The number of pyridine rings is 1. The summed E-state index contributed by atoms with van der Waals surface area (Å²) in [6.45, 7) is 3.88. The van der Waals surface area contributed by atoms with Gasteiger partial charge >= 0.3 is 0 Å². The number of nitrogens with one attached hydrogen (secondary N) is 1. The first-order valence-corrected chi connectivity index (χ1v) is 8.42. The summed E-state index contributed by atoms with van der Waals surface area (Å²) in [6, 6.07) is 9.72. The molecule has 1 N–H and O–H groups in total. The summed E-state index contributed by atoms with van der Waals surface area (Å²) in [4.78, 5) is 21.3. The quantitative estimate of drug-likeness (QED) is 0.746. The molecule has 3 aromatic rings. The summed E-state index contributed by atoms with van der Waals surface area (Å²) in [5.41, 5.74) is 1.63. The van der Waals surface area contributed by atoms with Crippen molar-refractivity contribution in [2.75, 3.05) is 5.32 Å². The maximum atomic E-state index is 13.7. The van der Waals surface area contributed by atoms with Gasteiger partial charge in [-0.15, -0.1) is 11.3 Å². The molecular weight excluding hydrogens is 341 g/mol. The van der Waals surface area contributed by atoms with Crippen LogP contribution in [-0.2, 0) is 6.61 Å². The van der Waals surface area contributed by atoms with Gasteiger partial charge in [-0.25, -0.2) is 9.37 Å². The molecule has 0 saturated carbocycles. The van der Waals surface area contributed by atoms with Crippen LogP contribution in [0.2, 0.25) is 0 Å². The van der Waals surface area contributed by atoms with Crippen LogP contribution >= 0.6 is 11.3 Å². The fourth-order valence-corrected chi connectivity index (χ4v) is 3.02. The Morgan fingerprint density at radius 1 is 1.24 bits per heavy atom. The van der Waals surface area contributed by atoms with Gasteiger partial charge in [-0.1, -0.05) is 12.1 Å². The third-order valence-electron chi connectivity index (χ3n) is 3.42. The van der Waals surface area contributed by atoms with E-state index >= 15 is 0 Å². The molecule has 0 fully saturated rings. The number of amides is 1. The minimum absolute atomic E-state index is 0.142. The van der Waals surface area contributed by atoms with Crippen molar-refractivity contribution >= 4 is 22.9 Å². The van der Waals surface area contributed by atoms with E-state index in [0.717, 1.165) is 5.69 Å². The van der Waals surface area contributed by atoms with Crippen molar-refractivity contribution in [3.05, 3.63) is 69.7 Å². The van der Waals surface area contributed by atoms with Crippen molar-refractivity contribution in [2.45, 2.75) is 20.5 Å². The molecule has 1 aromatic carbocycles. The molecule has 0 bridgehead atoms. The van der Waals surface area contributed by atoms with Gasteiger partial charge in [0.1, 0.15) is 28.1 Å². The molecule has 0 spiro atoms. The number of anilines is 1. The second-order valence-electron chi connectivity index (χ2n) is 5.38. The van der Waals surface area contributed by atoms with Gasteiger partial charge in [0.15, 0.2) is 0 Å². The van der Waals surface area contributed by atoms with E-state index in [1.807, 2.05) is 19.1 Å².